The lowest BCUT2D eigenvalue weighted by Gasteiger charge is -2.19. The van der Waals surface area contributed by atoms with Gasteiger partial charge in [-0.1, -0.05) is 54.6 Å². The fourth-order valence-corrected chi connectivity index (χ4v) is 2.86. The monoisotopic (exact) mass is 482 g/mol. The van der Waals surface area contributed by atoms with E-state index in [2.05, 4.69) is 58.9 Å². The summed E-state index contributed by atoms with van der Waals surface area (Å²) in [5, 5.41) is 16.4. The number of hydrogen-bond donors (Lipinski definition) is 3. The SMILES string of the molecule is CN=C(NCc1ccccc1CN(C)C)NCC(CO)c1ccccc1.I. The molecule has 27 heavy (non-hydrogen) atoms. The summed E-state index contributed by atoms with van der Waals surface area (Å²) < 4.78 is 0. The number of halogens is 1. The molecule has 0 heterocycles. The summed E-state index contributed by atoms with van der Waals surface area (Å²) >= 11 is 0. The van der Waals surface area contributed by atoms with Gasteiger partial charge in [0.15, 0.2) is 5.96 Å². The Balaban J connectivity index is 0.00000364. The third kappa shape index (κ3) is 7.86. The van der Waals surface area contributed by atoms with Crippen LogP contribution in [0.1, 0.15) is 22.6 Å². The molecule has 0 amide bonds. The van der Waals surface area contributed by atoms with Gasteiger partial charge in [0, 0.05) is 32.6 Å². The van der Waals surface area contributed by atoms with Gasteiger partial charge in [-0.05, 0) is 30.8 Å². The Bertz CT molecular complexity index is 692. The molecule has 0 saturated heterocycles. The van der Waals surface area contributed by atoms with Crippen molar-refractivity contribution in [1.82, 2.24) is 15.5 Å². The molecule has 0 aliphatic carbocycles. The minimum absolute atomic E-state index is 0. The summed E-state index contributed by atoms with van der Waals surface area (Å²) in [4.78, 5) is 6.46. The molecule has 2 aromatic rings. The first-order valence-corrected chi connectivity index (χ1v) is 8.96. The highest BCUT2D eigenvalue weighted by molar-refractivity contribution is 14.0. The predicted molar refractivity (Wildman–Crippen MR) is 124 cm³/mol. The standard InChI is InChI=1S/C21H30N4O.HI/c1-22-21(24-14-20(16-26)17-9-5-4-6-10-17)23-13-18-11-7-8-12-19(18)15-25(2)3;/h4-12,20,26H,13-16H2,1-3H3,(H2,22,23,24);1H. The molecule has 2 aromatic carbocycles. The van der Waals surface area contributed by atoms with Crippen molar-refractivity contribution >= 4 is 29.9 Å². The van der Waals surface area contributed by atoms with E-state index in [4.69, 9.17) is 0 Å². The molecule has 148 valence electrons. The first-order chi connectivity index (χ1) is 12.6. The maximum Gasteiger partial charge on any atom is 0.191 e. The molecule has 5 nitrogen and oxygen atoms in total. The van der Waals surface area contributed by atoms with Crippen molar-refractivity contribution in [3.8, 4) is 0 Å². The van der Waals surface area contributed by atoms with E-state index >= 15 is 0 Å². The van der Waals surface area contributed by atoms with E-state index in [1.165, 1.54) is 11.1 Å². The highest BCUT2D eigenvalue weighted by Crippen LogP contribution is 2.13. The van der Waals surface area contributed by atoms with E-state index in [-0.39, 0.29) is 36.5 Å². The molecule has 0 fully saturated rings. The Morgan fingerprint density at radius 1 is 1.00 bits per heavy atom. The Labute approximate surface area is 179 Å². The minimum atomic E-state index is 0. The third-order valence-electron chi connectivity index (χ3n) is 4.28. The topological polar surface area (TPSA) is 59.9 Å². The highest BCUT2D eigenvalue weighted by atomic mass is 127. The lowest BCUT2D eigenvalue weighted by Crippen LogP contribution is -2.39. The van der Waals surface area contributed by atoms with Gasteiger partial charge < -0.3 is 20.6 Å². The molecule has 2 rings (SSSR count). The molecule has 1 unspecified atom stereocenters. The summed E-state index contributed by atoms with van der Waals surface area (Å²) in [6, 6.07) is 18.5. The van der Waals surface area contributed by atoms with Gasteiger partial charge in [0.1, 0.15) is 0 Å². The maximum atomic E-state index is 9.69. The number of nitrogens with one attached hydrogen (secondary N) is 2. The average Bonchev–Trinajstić information content (AvgIpc) is 2.66. The van der Waals surface area contributed by atoms with E-state index in [0.717, 1.165) is 18.1 Å². The lowest BCUT2D eigenvalue weighted by atomic mass is 10.0. The third-order valence-corrected chi connectivity index (χ3v) is 4.28. The molecule has 0 aliphatic rings. The van der Waals surface area contributed by atoms with Crippen molar-refractivity contribution in [2.24, 2.45) is 4.99 Å². The first-order valence-electron chi connectivity index (χ1n) is 8.96. The van der Waals surface area contributed by atoms with Crippen LogP contribution >= 0.6 is 24.0 Å². The summed E-state index contributed by atoms with van der Waals surface area (Å²) in [5.74, 6) is 0.773. The summed E-state index contributed by atoms with van der Waals surface area (Å²) in [6.45, 7) is 2.34. The molecule has 6 heteroatoms. The van der Waals surface area contributed by atoms with Gasteiger partial charge in [-0.25, -0.2) is 0 Å². The average molecular weight is 482 g/mol. The molecule has 0 bridgehead atoms. The molecule has 0 spiro atoms. The Kier molecular flexibility index (Phi) is 11.0. The fourth-order valence-electron chi connectivity index (χ4n) is 2.86. The van der Waals surface area contributed by atoms with Gasteiger partial charge in [-0.15, -0.1) is 24.0 Å². The van der Waals surface area contributed by atoms with Crippen molar-refractivity contribution < 1.29 is 5.11 Å². The predicted octanol–water partition coefficient (Wildman–Crippen LogP) is 2.81. The van der Waals surface area contributed by atoms with E-state index in [1.54, 1.807) is 7.05 Å². The zero-order valence-corrected chi connectivity index (χ0v) is 18.7. The fraction of sp³-hybridized carbons (Fsp3) is 0.381. The van der Waals surface area contributed by atoms with Crippen LogP contribution in [0.25, 0.3) is 0 Å². The maximum absolute atomic E-state index is 9.69. The number of benzene rings is 2. The van der Waals surface area contributed by atoms with E-state index in [0.29, 0.717) is 13.1 Å². The van der Waals surface area contributed by atoms with Crippen LogP contribution in [0.2, 0.25) is 0 Å². The number of guanidine groups is 1. The number of aliphatic hydroxyl groups is 1. The van der Waals surface area contributed by atoms with Crippen LogP contribution in [-0.2, 0) is 13.1 Å². The van der Waals surface area contributed by atoms with Gasteiger partial charge in [-0.2, -0.15) is 0 Å². The molecular weight excluding hydrogens is 451 g/mol. The molecule has 0 aromatic heterocycles. The summed E-state index contributed by atoms with van der Waals surface area (Å²) in [5.41, 5.74) is 3.68. The van der Waals surface area contributed by atoms with Crippen molar-refractivity contribution in [1.29, 1.82) is 0 Å². The number of aliphatic hydroxyl groups excluding tert-OH is 1. The van der Waals surface area contributed by atoms with Crippen LogP contribution in [0.4, 0.5) is 0 Å². The van der Waals surface area contributed by atoms with E-state index in [1.807, 2.05) is 30.3 Å². The highest BCUT2D eigenvalue weighted by Gasteiger charge is 2.11. The van der Waals surface area contributed by atoms with Crippen molar-refractivity contribution in [3.05, 3.63) is 71.3 Å². The summed E-state index contributed by atoms with van der Waals surface area (Å²) in [6.07, 6.45) is 0. The van der Waals surface area contributed by atoms with Crippen LogP contribution in [0.15, 0.2) is 59.6 Å². The van der Waals surface area contributed by atoms with Gasteiger partial charge in [0.25, 0.3) is 0 Å². The quantitative estimate of drug-likeness (QED) is 0.308. The number of nitrogens with zero attached hydrogens (tertiary/aromatic N) is 2. The van der Waals surface area contributed by atoms with Gasteiger partial charge in [-0.3, -0.25) is 4.99 Å². The molecule has 1 atom stereocenters. The van der Waals surface area contributed by atoms with Crippen molar-refractivity contribution in [3.63, 3.8) is 0 Å². The summed E-state index contributed by atoms with van der Waals surface area (Å²) in [7, 11) is 5.91. The number of aliphatic imine (C=N–C) groups is 1. The smallest absolute Gasteiger partial charge is 0.191 e. The van der Waals surface area contributed by atoms with Crippen molar-refractivity contribution in [2.75, 3.05) is 34.3 Å². The Morgan fingerprint density at radius 3 is 2.22 bits per heavy atom. The van der Waals surface area contributed by atoms with Crippen LogP contribution in [0.5, 0.6) is 0 Å². The van der Waals surface area contributed by atoms with Gasteiger partial charge in [0.2, 0.25) is 0 Å². The Hall–Kier alpha value is -1.64. The molecule has 0 aliphatic heterocycles. The number of hydrogen-bond acceptors (Lipinski definition) is 3. The molecule has 3 N–H and O–H groups in total. The second-order valence-corrected chi connectivity index (χ2v) is 6.60. The Morgan fingerprint density at radius 2 is 1.63 bits per heavy atom. The lowest BCUT2D eigenvalue weighted by molar-refractivity contribution is 0.265. The molecule has 0 radical (unpaired) electrons. The van der Waals surface area contributed by atoms with Crippen LogP contribution in [0.3, 0.4) is 0 Å². The second-order valence-electron chi connectivity index (χ2n) is 6.60. The second kappa shape index (κ2) is 12.7. The minimum Gasteiger partial charge on any atom is -0.396 e. The zero-order chi connectivity index (χ0) is 18.8. The van der Waals surface area contributed by atoms with E-state index in [9.17, 15) is 5.11 Å². The van der Waals surface area contributed by atoms with Crippen LogP contribution in [0, 0.1) is 0 Å². The van der Waals surface area contributed by atoms with Crippen LogP contribution < -0.4 is 10.6 Å². The zero-order valence-electron chi connectivity index (χ0n) is 16.4. The van der Waals surface area contributed by atoms with Crippen molar-refractivity contribution in [2.45, 2.75) is 19.0 Å². The molecule has 0 saturated carbocycles. The van der Waals surface area contributed by atoms with Crippen LogP contribution in [-0.4, -0.2) is 50.3 Å². The van der Waals surface area contributed by atoms with Gasteiger partial charge >= 0.3 is 0 Å². The van der Waals surface area contributed by atoms with E-state index < -0.39 is 0 Å². The molecular formula is C21H31IN4O. The first kappa shape index (κ1) is 23.4. The number of rotatable bonds is 8. The van der Waals surface area contributed by atoms with Gasteiger partial charge in [0.05, 0.1) is 6.61 Å². The largest absolute Gasteiger partial charge is 0.396 e. The normalized spacial score (nSPS) is 12.4.